The third kappa shape index (κ3) is 3.59. The van der Waals surface area contributed by atoms with Crippen LogP contribution in [0.15, 0.2) is 40.9 Å². The third-order valence-electron chi connectivity index (χ3n) is 3.00. The van der Waals surface area contributed by atoms with Crippen molar-refractivity contribution in [3.8, 4) is 11.5 Å². The van der Waals surface area contributed by atoms with Gasteiger partial charge in [-0.05, 0) is 43.2 Å². The molecule has 0 aromatic heterocycles. The van der Waals surface area contributed by atoms with Crippen LogP contribution in [-0.2, 0) is 0 Å². The number of halogens is 1. The normalized spacial score (nSPS) is 12.0. The summed E-state index contributed by atoms with van der Waals surface area (Å²) >= 11 is 3.24. The molecule has 6 heteroatoms. The number of hydrogen-bond donors (Lipinski definition) is 1. The molecular weight excluding hydrogens is 338 g/mol. The van der Waals surface area contributed by atoms with Crippen LogP contribution in [0.2, 0.25) is 0 Å². The van der Waals surface area contributed by atoms with Crippen LogP contribution in [0.25, 0.3) is 0 Å². The van der Waals surface area contributed by atoms with Crippen molar-refractivity contribution in [3.05, 3.63) is 62.1 Å². The fraction of sp³-hybridized carbons (Fsp3) is 0.200. The Morgan fingerprint density at radius 3 is 2.43 bits per heavy atom. The number of ether oxygens (including phenoxy) is 1. The van der Waals surface area contributed by atoms with Gasteiger partial charge in [0.25, 0.3) is 0 Å². The van der Waals surface area contributed by atoms with Crippen LogP contribution < -0.4 is 4.74 Å². The van der Waals surface area contributed by atoms with Gasteiger partial charge in [0.2, 0.25) is 5.75 Å². The second-order valence-electron chi connectivity index (χ2n) is 4.68. The molecule has 0 saturated carbocycles. The van der Waals surface area contributed by atoms with Crippen LogP contribution in [0.4, 0.5) is 5.69 Å². The summed E-state index contributed by atoms with van der Waals surface area (Å²) < 4.78 is 6.28. The van der Waals surface area contributed by atoms with Gasteiger partial charge < -0.3 is 9.84 Å². The average molecular weight is 352 g/mol. The zero-order valence-electron chi connectivity index (χ0n) is 11.5. The number of nitro groups is 1. The standard InChI is InChI=1S/C15H14BrNO4/c1-9-7-12(16)8-14(17(19)20)15(9)21-13-5-3-11(4-6-13)10(2)18/h3-8,10,18H,1-2H3/t10-/m1/s1. The van der Waals surface area contributed by atoms with Crippen molar-refractivity contribution in [1.29, 1.82) is 0 Å². The molecule has 0 aliphatic carbocycles. The maximum absolute atomic E-state index is 11.1. The van der Waals surface area contributed by atoms with Crippen LogP contribution in [0.1, 0.15) is 24.2 Å². The molecule has 0 saturated heterocycles. The topological polar surface area (TPSA) is 72.6 Å². The number of aliphatic hydroxyl groups excluding tert-OH is 1. The van der Waals surface area contributed by atoms with E-state index in [-0.39, 0.29) is 11.4 Å². The molecule has 2 rings (SSSR count). The van der Waals surface area contributed by atoms with Gasteiger partial charge in [0, 0.05) is 10.5 Å². The first-order valence-corrected chi connectivity index (χ1v) is 7.08. The number of aliphatic hydroxyl groups is 1. The monoisotopic (exact) mass is 351 g/mol. The third-order valence-corrected chi connectivity index (χ3v) is 3.46. The first-order chi connectivity index (χ1) is 9.88. The maximum atomic E-state index is 11.1. The molecule has 0 heterocycles. The zero-order valence-corrected chi connectivity index (χ0v) is 13.1. The highest BCUT2D eigenvalue weighted by Gasteiger charge is 2.19. The van der Waals surface area contributed by atoms with E-state index in [0.29, 0.717) is 15.8 Å². The maximum Gasteiger partial charge on any atom is 0.312 e. The molecule has 0 amide bonds. The van der Waals surface area contributed by atoms with Crippen molar-refractivity contribution in [2.45, 2.75) is 20.0 Å². The number of hydrogen-bond acceptors (Lipinski definition) is 4. The Hall–Kier alpha value is -1.92. The van der Waals surface area contributed by atoms with E-state index in [1.807, 2.05) is 0 Å². The van der Waals surface area contributed by atoms with Crippen LogP contribution in [-0.4, -0.2) is 10.0 Å². The highest BCUT2D eigenvalue weighted by molar-refractivity contribution is 9.10. The van der Waals surface area contributed by atoms with Crippen molar-refractivity contribution < 1.29 is 14.8 Å². The van der Waals surface area contributed by atoms with Gasteiger partial charge >= 0.3 is 5.69 Å². The van der Waals surface area contributed by atoms with E-state index in [1.54, 1.807) is 44.2 Å². The lowest BCUT2D eigenvalue weighted by Crippen LogP contribution is -1.97. The average Bonchev–Trinajstić information content (AvgIpc) is 2.41. The number of nitrogens with zero attached hydrogens (tertiary/aromatic N) is 1. The first-order valence-electron chi connectivity index (χ1n) is 6.29. The Morgan fingerprint density at radius 2 is 1.90 bits per heavy atom. The van der Waals surface area contributed by atoms with Gasteiger partial charge in [0.15, 0.2) is 0 Å². The molecular formula is C15H14BrNO4. The Balaban J connectivity index is 2.37. The summed E-state index contributed by atoms with van der Waals surface area (Å²) in [6.07, 6.45) is -0.567. The fourth-order valence-electron chi connectivity index (χ4n) is 1.91. The molecule has 0 fully saturated rings. The van der Waals surface area contributed by atoms with E-state index < -0.39 is 11.0 Å². The summed E-state index contributed by atoms with van der Waals surface area (Å²) in [6.45, 7) is 3.41. The molecule has 0 spiro atoms. The van der Waals surface area contributed by atoms with E-state index in [1.165, 1.54) is 6.07 Å². The zero-order chi connectivity index (χ0) is 15.6. The van der Waals surface area contributed by atoms with E-state index in [0.717, 1.165) is 5.56 Å². The molecule has 0 aliphatic rings. The smallest absolute Gasteiger partial charge is 0.312 e. The highest BCUT2D eigenvalue weighted by Crippen LogP contribution is 2.37. The molecule has 1 N–H and O–H groups in total. The van der Waals surface area contributed by atoms with Crippen LogP contribution in [0, 0.1) is 17.0 Å². The van der Waals surface area contributed by atoms with E-state index >= 15 is 0 Å². The number of nitro benzene ring substituents is 1. The minimum atomic E-state index is -0.567. The molecule has 0 radical (unpaired) electrons. The number of rotatable bonds is 4. The van der Waals surface area contributed by atoms with Gasteiger partial charge in [-0.3, -0.25) is 10.1 Å². The van der Waals surface area contributed by atoms with Gasteiger partial charge in [-0.15, -0.1) is 0 Å². The van der Waals surface area contributed by atoms with Crippen molar-refractivity contribution in [1.82, 2.24) is 0 Å². The fourth-order valence-corrected chi connectivity index (χ4v) is 2.47. The molecule has 2 aromatic rings. The summed E-state index contributed by atoms with van der Waals surface area (Å²) in [7, 11) is 0. The molecule has 0 bridgehead atoms. The Kier molecular flexibility index (Phi) is 4.59. The van der Waals surface area contributed by atoms with Crippen LogP contribution >= 0.6 is 15.9 Å². The summed E-state index contributed by atoms with van der Waals surface area (Å²) in [5.74, 6) is 0.695. The quantitative estimate of drug-likeness (QED) is 0.649. The van der Waals surface area contributed by atoms with E-state index in [4.69, 9.17) is 4.74 Å². The first kappa shape index (κ1) is 15.5. The lowest BCUT2D eigenvalue weighted by Gasteiger charge is -2.11. The van der Waals surface area contributed by atoms with Crippen LogP contribution in [0.5, 0.6) is 11.5 Å². The molecule has 110 valence electrons. The SMILES string of the molecule is Cc1cc(Br)cc([N+](=O)[O-])c1Oc1ccc([C@@H](C)O)cc1. The van der Waals surface area contributed by atoms with E-state index in [2.05, 4.69) is 15.9 Å². The van der Waals surface area contributed by atoms with Gasteiger partial charge in [0.05, 0.1) is 11.0 Å². The van der Waals surface area contributed by atoms with Crippen molar-refractivity contribution in [2.75, 3.05) is 0 Å². The summed E-state index contributed by atoms with van der Waals surface area (Å²) in [5, 5.41) is 20.6. The predicted molar refractivity (Wildman–Crippen MR) is 82.7 cm³/mol. The van der Waals surface area contributed by atoms with Gasteiger partial charge in [-0.25, -0.2) is 0 Å². The largest absolute Gasteiger partial charge is 0.450 e. The summed E-state index contributed by atoms with van der Waals surface area (Å²) in [5.41, 5.74) is 1.32. The molecule has 2 aromatic carbocycles. The predicted octanol–water partition coefficient (Wildman–Crippen LogP) is 4.51. The van der Waals surface area contributed by atoms with Crippen molar-refractivity contribution in [3.63, 3.8) is 0 Å². The second kappa shape index (κ2) is 6.24. The molecule has 5 nitrogen and oxygen atoms in total. The van der Waals surface area contributed by atoms with Crippen molar-refractivity contribution >= 4 is 21.6 Å². The molecule has 1 atom stereocenters. The Morgan fingerprint density at radius 1 is 1.29 bits per heavy atom. The van der Waals surface area contributed by atoms with Crippen molar-refractivity contribution in [2.24, 2.45) is 0 Å². The molecule has 21 heavy (non-hydrogen) atoms. The van der Waals surface area contributed by atoms with Gasteiger partial charge in [-0.2, -0.15) is 0 Å². The molecule has 0 unspecified atom stereocenters. The van der Waals surface area contributed by atoms with Crippen LogP contribution in [0.3, 0.4) is 0 Å². The minimum absolute atomic E-state index is 0.0959. The minimum Gasteiger partial charge on any atom is -0.450 e. The van der Waals surface area contributed by atoms with E-state index in [9.17, 15) is 15.2 Å². The summed E-state index contributed by atoms with van der Waals surface area (Å²) in [6, 6.07) is 9.96. The highest BCUT2D eigenvalue weighted by atomic mass is 79.9. The lowest BCUT2D eigenvalue weighted by molar-refractivity contribution is -0.385. The molecule has 0 aliphatic heterocycles. The van der Waals surface area contributed by atoms with Gasteiger partial charge in [0.1, 0.15) is 5.75 Å². The second-order valence-corrected chi connectivity index (χ2v) is 5.59. The summed E-state index contributed by atoms with van der Waals surface area (Å²) in [4.78, 5) is 10.7. The van der Waals surface area contributed by atoms with Gasteiger partial charge in [-0.1, -0.05) is 28.1 Å². The lowest BCUT2D eigenvalue weighted by atomic mass is 10.1. The number of aryl methyl sites for hydroxylation is 1. The number of benzene rings is 2. The Bertz CT molecular complexity index is 668. The Labute approximate surface area is 130 Å².